The number of rotatable bonds is 4. The highest BCUT2D eigenvalue weighted by atomic mass is 16.3. The predicted molar refractivity (Wildman–Crippen MR) is 81.3 cm³/mol. The fourth-order valence-electron chi connectivity index (χ4n) is 2.23. The third-order valence-electron chi connectivity index (χ3n) is 3.28. The van der Waals surface area contributed by atoms with Crippen LogP contribution < -0.4 is 5.32 Å². The zero-order chi connectivity index (χ0) is 15.5. The van der Waals surface area contributed by atoms with Gasteiger partial charge in [-0.3, -0.25) is 4.79 Å². The van der Waals surface area contributed by atoms with E-state index < -0.39 is 0 Å². The zero-order valence-electron chi connectivity index (χ0n) is 12.4. The normalized spacial score (nSPS) is 10.6. The van der Waals surface area contributed by atoms with E-state index in [1.165, 1.54) is 6.39 Å². The molecule has 0 spiro atoms. The van der Waals surface area contributed by atoms with Crippen LogP contribution in [-0.4, -0.2) is 10.9 Å². The molecule has 3 rings (SSSR count). The highest BCUT2D eigenvalue weighted by Crippen LogP contribution is 2.23. The molecule has 0 saturated carbocycles. The fourth-order valence-corrected chi connectivity index (χ4v) is 2.23. The summed E-state index contributed by atoms with van der Waals surface area (Å²) >= 11 is 0. The summed E-state index contributed by atoms with van der Waals surface area (Å²) in [5.74, 6) is 1.69. The van der Waals surface area contributed by atoms with Crippen LogP contribution in [0.3, 0.4) is 0 Å². The minimum Gasteiger partial charge on any atom is -0.465 e. The highest BCUT2D eigenvalue weighted by molar-refractivity contribution is 5.97. The van der Waals surface area contributed by atoms with Gasteiger partial charge in [0.1, 0.15) is 11.5 Å². The molecule has 112 valence electrons. The summed E-state index contributed by atoms with van der Waals surface area (Å²) in [4.78, 5) is 16.3. The zero-order valence-corrected chi connectivity index (χ0v) is 12.4. The van der Waals surface area contributed by atoms with Gasteiger partial charge in [-0.05, 0) is 32.0 Å². The van der Waals surface area contributed by atoms with Gasteiger partial charge in [0.25, 0.3) is 5.91 Å². The molecule has 0 aliphatic carbocycles. The molecule has 0 unspecified atom stereocenters. The van der Waals surface area contributed by atoms with Crippen LogP contribution >= 0.6 is 0 Å². The standard InChI is InChI=1S/C17H16N2O3/c1-11-4-3-5-13(8-11)16-15(19-10-21-16)17(20)18-9-14-7-6-12(2)22-14/h3-8,10H,9H2,1-2H3,(H,18,20). The summed E-state index contributed by atoms with van der Waals surface area (Å²) in [6.45, 7) is 4.16. The molecule has 0 aliphatic heterocycles. The number of hydrogen-bond acceptors (Lipinski definition) is 4. The summed E-state index contributed by atoms with van der Waals surface area (Å²) in [6, 6.07) is 11.4. The number of amides is 1. The van der Waals surface area contributed by atoms with Crippen molar-refractivity contribution in [1.82, 2.24) is 10.3 Å². The van der Waals surface area contributed by atoms with E-state index in [2.05, 4.69) is 10.3 Å². The van der Waals surface area contributed by atoms with Crippen molar-refractivity contribution in [2.75, 3.05) is 0 Å². The highest BCUT2D eigenvalue weighted by Gasteiger charge is 2.18. The number of carbonyl (C=O) groups is 1. The Morgan fingerprint density at radius 2 is 2.09 bits per heavy atom. The average Bonchev–Trinajstić information content (AvgIpc) is 3.13. The number of oxazole rings is 1. The molecule has 22 heavy (non-hydrogen) atoms. The molecular weight excluding hydrogens is 280 g/mol. The van der Waals surface area contributed by atoms with Crippen molar-refractivity contribution in [3.8, 4) is 11.3 Å². The topological polar surface area (TPSA) is 68.3 Å². The molecule has 5 nitrogen and oxygen atoms in total. The molecule has 0 saturated heterocycles. The Morgan fingerprint density at radius 1 is 1.23 bits per heavy atom. The first-order valence-electron chi connectivity index (χ1n) is 6.97. The van der Waals surface area contributed by atoms with Gasteiger partial charge in [0.15, 0.2) is 17.8 Å². The second-order valence-electron chi connectivity index (χ2n) is 5.09. The maximum atomic E-state index is 12.3. The van der Waals surface area contributed by atoms with Gasteiger partial charge in [-0.1, -0.05) is 23.8 Å². The lowest BCUT2D eigenvalue weighted by molar-refractivity contribution is 0.0943. The molecule has 2 aromatic heterocycles. The molecular formula is C17H16N2O3. The van der Waals surface area contributed by atoms with Crippen molar-refractivity contribution in [2.45, 2.75) is 20.4 Å². The number of hydrogen-bond donors (Lipinski definition) is 1. The van der Waals surface area contributed by atoms with E-state index >= 15 is 0 Å². The summed E-state index contributed by atoms with van der Waals surface area (Å²) in [5, 5.41) is 2.78. The van der Waals surface area contributed by atoms with E-state index in [0.29, 0.717) is 18.1 Å². The predicted octanol–water partition coefficient (Wildman–Crippen LogP) is 3.48. The quantitative estimate of drug-likeness (QED) is 0.800. The van der Waals surface area contributed by atoms with Crippen molar-refractivity contribution < 1.29 is 13.6 Å². The molecule has 0 atom stereocenters. The van der Waals surface area contributed by atoms with E-state index in [1.54, 1.807) is 0 Å². The van der Waals surface area contributed by atoms with Gasteiger partial charge in [-0.25, -0.2) is 4.98 Å². The van der Waals surface area contributed by atoms with Crippen molar-refractivity contribution >= 4 is 5.91 Å². The van der Waals surface area contributed by atoms with Gasteiger partial charge < -0.3 is 14.2 Å². The Labute approximate surface area is 128 Å². The lowest BCUT2D eigenvalue weighted by Crippen LogP contribution is -2.23. The van der Waals surface area contributed by atoms with Crippen LogP contribution in [0.4, 0.5) is 0 Å². The fraction of sp³-hybridized carbons (Fsp3) is 0.176. The van der Waals surface area contributed by atoms with Gasteiger partial charge in [0, 0.05) is 5.56 Å². The second kappa shape index (κ2) is 5.89. The first kappa shape index (κ1) is 14.1. The van der Waals surface area contributed by atoms with E-state index in [1.807, 2.05) is 50.2 Å². The van der Waals surface area contributed by atoms with Gasteiger partial charge in [0.05, 0.1) is 6.54 Å². The van der Waals surface area contributed by atoms with Crippen molar-refractivity contribution in [2.24, 2.45) is 0 Å². The Kier molecular flexibility index (Phi) is 3.78. The molecule has 2 heterocycles. The van der Waals surface area contributed by atoms with Crippen LogP contribution in [0.25, 0.3) is 11.3 Å². The summed E-state index contributed by atoms with van der Waals surface area (Å²) < 4.78 is 10.8. The minimum absolute atomic E-state index is 0.272. The third kappa shape index (κ3) is 2.93. The number of carbonyl (C=O) groups excluding carboxylic acids is 1. The number of nitrogens with one attached hydrogen (secondary N) is 1. The molecule has 1 aromatic carbocycles. The van der Waals surface area contributed by atoms with Gasteiger partial charge >= 0.3 is 0 Å². The molecule has 5 heteroatoms. The largest absolute Gasteiger partial charge is 0.465 e. The number of benzene rings is 1. The Hall–Kier alpha value is -2.82. The monoisotopic (exact) mass is 296 g/mol. The van der Waals surface area contributed by atoms with E-state index in [4.69, 9.17) is 8.83 Å². The molecule has 0 radical (unpaired) electrons. The van der Waals surface area contributed by atoms with Crippen LogP contribution in [0.5, 0.6) is 0 Å². The smallest absolute Gasteiger partial charge is 0.274 e. The SMILES string of the molecule is Cc1cccc(-c2ocnc2C(=O)NCc2ccc(C)o2)c1. The van der Waals surface area contributed by atoms with Gasteiger partial charge in [0.2, 0.25) is 0 Å². The summed E-state index contributed by atoms with van der Waals surface area (Å²) in [6.07, 6.45) is 1.28. The van der Waals surface area contributed by atoms with E-state index in [-0.39, 0.29) is 11.6 Å². The van der Waals surface area contributed by atoms with Crippen LogP contribution in [0.15, 0.2) is 51.6 Å². The van der Waals surface area contributed by atoms with Crippen LogP contribution in [0.1, 0.15) is 27.6 Å². The van der Waals surface area contributed by atoms with Crippen molar-refractivity contribution in [1.29, 1.82) is 0 Å². The van der Waals surface area contributed by atoms with Crippen LogP contribution in [0, 0.1) is 13.8 Å². The average molecular weight is 296 g/mol. The summed E-state index contributed by atoms with van der Waals surface area (Å²) in [5.41, 5.74) is 2.19. The molecule has 1 amide bonds. The third-order valence-corrected chi connectivity index (χ3v) is 3.28. The molecule has 0 aliphatic rings. The van der Waals surface area contributed by atoms with Crippen molar-refractivity contribution in [3.05, 3.63) is 65.6 Å². The number of aryl methyl sites for hydroxylation is 2. The Balaban J connectivity index is 1.78. The first-order chi connectivity index (χ1) is 10.6. The van der Waals surface area contributed by atoms with Crippen LogP contribution in [0.2, 0.25) is 0 Å². The molecule has 3 aromatic rings. The lowest BCUT2D eigenvalue weighted by Gasteiger charge is -2.04. The Morgan fingerprint density at radius 3 is 2.82 bits per heavy atom. The number of furan rings is 1. The number of aromatic nitrogens is 1. The molecule has 0 bridgehead atoms. The molecule has 0 fully saturated rings. The van der Waals surface area contributed by atoms with E-state index in [0.717, 1.165) is 16.9 Å². The number of nitrogens with zero attached hydrogens (tertiary/aromatic N) is 1. The lowest BCUT2D eigenvalue weighted by atomic mass is 10.1. The van der Waals surface area contributed by atoms with E-state index in [9.17, 15) is 4.79 Å². The van der Waals surface area contributed by atoms with Gasteiger partial charge in [-0.15, -0.1) is 0 Å². The summed E-state index contributed by atoms with van der Waals surface area (Å²) in [7, 11) is 0. The minimum atomic E-state index is -0.292. The maximum absolute atomic E-state index is 12.3. The first-order valence-corrected chi connectivity index (χ1v) is 6.97. The van der Waals surface area contributed by atoms with Gasteiger partial charge in [-0.2, -0.15) is 0 Å². The van der Waals surface area contributed by atoms with Crippen molar-refractivity contribution in [3.63, 3.8) is 0 Å². The second-order valence-corrected chi connectivity index (χ2v) is 5.09. The molecule has 1 N–H and O–H groups in total. The Bertz CT molecular complexity index is 802. The maximum Gasteiger partial charge on any atom is 0.274 e. The van der Waals surface area contributed by atoms with Crippen LogP contribution in [-0.2, 0) is 6.54 Å².